The molecule has 3 N–H and O–H groups in total. The van der Waals surface area contributed by atoms with E-state index in [2.05, 4.69) is 5.32 Å². The number of ether oxygens (including phenoxy) is 1. The number of nitrogens with two attached hydrogens (primary N) is 1. The summed E-state index contributed by atoms with van der Waals surface area (Å²) in [5.74, 6) is -0.217. The number of nitrogen functional groups attached to an aromatic ring is 1. The number of carbonyl (C=O) groups is 1. The molecule has 116 valence electrons. The number of nitrogens with one attached hydrogen (secondary N) is 1. The Balaban J connectivity index is 1.89. The van der Waals surface area contributed by atoms with Crippen LogP contribution in [0.4, 0.5) is 18.9 Å². The molecule has 0 saturated heterocycles. The van der Waals surface area contributed by atoms with Crippen molar-refractivity contribution in [2.45, 2.75) is 37.9 Å². The monoisotopic (exact) mass is 302 g/mol. The molecule has 1 amide bonds. The summed E-state index contributed by atoms with van der Waals surface area (Å²) in [4.78, 5) is 11.7. The van der Waals surface area contributed by atoms with E-state index in [1.54, 1.807) is 0 Å². The van der Waals surface area contributed by atoms with Gasteiger partial charge in [-0.3, -0.25) is 4.79 Å². The summed E-state index contributed by atoms with van der Waals surface area (Å²) in [5, 5.41) is 2.82. The zero-order valence-corrected chi connectivity index (χ0v) is 11.4. The van der Waals surface area contributed by atoms with Crippen LogP contribution >= 0.6 is 0 Å². The van der Waals surface area contributed by atoms with E-state index >= 15 is 0 Å². The number of amides is 1. The minimum atomic E-state index is -4.45. The van der Waals surface area contributed by atoms with Crippen molar-refractivity contribution in [3.05, 3.63) is 23.8 Å². The first-order chi connectivity index (χ1) is 9.86. The number of hydrogen-bond acceptors (Lipinski definition) is 3. The maximum Gasteiger partial charge on any atom is 0.416 e. The van der Waals surface area contributed by atoms with Crippen molar-refractivity contribution in [1.82, 2.24) is 5.32 Å². The number of benzene rings is 1. The maximum absolute atomic E-state index is 12.5. The number of carbonyl (C=O) groups excluding carboxylic acids is 1. The standard InChI is InChI=1S/C14H17F3N2O2/c15-14(16,17)9-5-6-12(11(18)7-9)21-8-13(20)19-10-3-1-2-4-10/h5-7,10H,1-4,8,18H2,(H,19,20). The van der Waals surface area contributed by atoms with E-state index in [1.165, 1.54) is 0 Å². The zero-order valence-electron chi connectivity index (χ0n) is 11.4. The lowest BCUT2D eigenvalue weighted by atomic mass is 10.2. The van der Waals surface area contributed by atoms with Crippen LogP contribution in [0.3, 0.4) is 0 Å². The van der Waals surface area contributed by atoms with Crippen LogP contribution in [0.15, 0.2) is 18.2 Å². The molecule has 0 bridgehead atoms. The number of rotatable bonds is 4. The Morgan fingerprint density at radius 3 is 2.57 bits per heavy atom. The van der Waals surface area contributed by atoms with Crippen LogP contribution in [-0.4, -0.2) is 18.6 Å². The molecule has 1 aliphatic carbocycles. The zero-order chi connectivity index (χ0) is 15.5. The Morgan fingerprint density at radius 2 is 2.00 bits per heavy atom. The first-order valence-corrected chi connectivity index (χ1v) is 6.75. The Labute approximate surface area is 120 Å². The highest BCUT2D eigenvalue weighted by molar-refractivity contribution is 5.78. The molecular formula is C14H17F3N2O2. The van der Waals surface area contributed by atoms with Crippen molar-refractivity contribution in [2.24, 2.45) is 0 Å². The second-order valence-electron chi connectivity index (χ2n) is 5.09. The lowest BCUT2D eigenvalue weighted by Crippen LogP contribution is -2.36. The molecule has 0 atom stereocenters. The topological polar surface area (TPSA) is 64.3 Å². The summed E-state index contributed by atoms with van der Waals surface area (Å²) in [7, 11) is 0. The molecule has 4 nitrogen and oxygen atoms in total. The summed E-state index contributed by atoms with van der Waals surface area (Å²) in [5.41, 5.74) is 4.53. The van der Waals surface area contributed by atoms with Crippen LogP contribution in [0.2, 0.25) is 0 Å². The normalized spacial score (nSPS) is 16.0. The van der Waals surface area contributed by atoms with Gasteiger partial charge in [-0.1, -0.05) is 12.8 Å². The van der Waals surface area contributed by atoms with Gasteiger partial charge in [0.05, 0.1) is 11.3 Å². The van der Waals surface area contributed by atoms with Gasteiger partial charge in [0, 0.05) is 6.04 Å². The molecule has 1 fully saturated rings. The molecule has 0 heterocycles. The Hall–Kier alpha value is -1.92. The molecule has 0 aromatic heterocycles. The van der Waals surface area contributed by atoms with Gasteiger partial charge in [-0.05, 0) is 31.0 Å². The Bertz CT molecular complexity index is 511. The van der Waals surface area contributed by atoms with Gasteiger partial charge < -0.3 is 15.8 Å². The lowest BCUT2D eigenvalue weighted by Gasteiger charge is -2.14. The summed E-state index contributed by atoms with van der Waals surface area (Å²) in [6.45, 7) is -0.258. The third-order valence-electron chi connectivity index (χ3n) is 3.42. The van der Waals surface area contributed by atoms with Gasteiger partial charge in [0.1, 0.15) is 5.75 Å². The van der Waals surface area contributed by atoms with E-state index in [9.17, 15) is 18.0 Å². The molecule has 1 aromatic carbocycles. The van der Waals surface area contributed by atoms with Gasteiger partial charge in [0.2, 0.25) is 0 Å². The predicted molar refractivity (Wildman–Crippen MR) is 71.8 cm³/mol. The molecule has 0 aliphatic heterocycles. The molecule has 1 aromatic rings. The molecular weight excluding hydrogens is 285 g/mol. The van der Waals surface area contributed by atoms with Gasteiger partial charge in [0.15, 0.2) is 6.61 Å². The van der Waals surface area contributed by atoms with Gasteiger partial charge in [0.25, 0.3) is 5.91 Å². The fourth-order valence-electron chi connectivity index (χ4n) is 2.34. The van der Waals surface area contributed by atoms with E-state index in [0.29, 0.717) is 0 Å². The lowest BCUT2D eigenvalue weighted by molar-refractivity contribution is -0.137. The minimum absolute atomic E-state index is 0.0737. The van der Waals surface area contributed by atoms with Crippen molar-refractivity contribution in [1.29, 1.82) is 0 Å². The van der Waals surface area contributed by atoms with Crippen molar-refractivity contribution >= 4 is 11.6 Å². The van der Waals surface area contributed by atoms with Crippen molar-refractivity contribution in [3.63, 3.8) is 0 Å². The van der Waals surface area contributed by atoms with E-state index in [-0.39, 0.29) is 30.0 Å². The van der Waals surface area contributed by atoms with E-state index in [0.717, 1.165) is 43.9 Å². The van der Waals surface area contributed by atoms with Crippen LogP contribution in [-0.2, 0) is 11.0 Å². The maximum atomic E-state index is 12.5. The molecule has 1 aliphatic rings. The minimum Gasteiger partial charge on any atom is -0.482 e. The number of halogens is 3. The quantitative estimate of drug-likeness (QED) is 0.841. The average Bonchev–Trinajstić information content (AvgIpc) is 2.89. The molecule has 0 spiro atoms. The van der Waals surface area contributed by atoms with Crippen LogP contribution in [0.25, 0.3) is 0 Å². The van der Waals surface area contributed by atoms with Crippen molar-refractivity contribution < 1.29 is 22.7 Å². The molecule has 2 rings (SSSR count). The first kappa shape index (κ1) is 15.5. The van der Waals surface area contributed by atoms with Gasteiger partial charge in [-0.2, -0.15) is 13.2 Å². The van der Waals surface area contributed by atoms with Crippen LogP contribution < -0.4 is 15.8 Å². The van der Waals surface area contributed by atoms with Crippen molar-refractivity contribution in [3.8, 4) is 5.75 Å². The third kappa shape index (κ3) is 4.27. The van der Waals surface area contributed by atoms with Gasteiger partial charge >= 0.3 is 6.18 Å². The highest BCUT2D eigenvalue weighted by Crippen LogP contribution is 2.33. The highest BCUT2D eigenvalue weighted by atomic mass is 19.4. The molecule has 0 unspecified atom stereocenters. The van der Waals surface area contributed by atoms with E-state index in [1.807, 2.05) is 0 Å². The average molecular weight is 302 g/mol. The summed E-state index contributed by atoms with van der Waals surface area (Å²) < 4.78 is 42.6. The molecule has 21 heavy (non-hydrogen) atoms. The fourth-order valence-corrected chi connectivity index (χ4v) is 2.34. The predicted octanol–water partition coefficient (Wildman–Crippen LogP) is 2.73. The SMILES string of the molecule is Nc1cc(C(F)(F)F)ccc1OCC(=O)NC1CCCC1. The van der Waals surface area contributed by atoms with Crippen LogP contribution in [0, 0.1) is 0 Å². The smallest absolute Gasteiger partial charge is 0.416 e. The largest absolute Gasteiger partial charge is 0.482 e. The Morgan fingerprint density at radius 1 is 1.33 bits per heavy atom. The Kier molecular flexibility index (Phi) is 4.59. The number of hydrogen-bond donors (Lipinski definition) is 2. The summed E-state index contributed by atoms with van der Waals surface area (Å²) in [6.07, 6.45) is -0.357. The number of alkyl halides is 3. The fraction of sp³-hybridized carbons (Fsp3) is 0.500. The van der Waals surface area contributed by atoms with Crippen LogP contribution in [0.5, 0.6) is 5.75 Å². The third-order valence-corrected chi connectivity index (χ3v) is 3.42. The highest BCUT2D eigenvalue weighted by Gasteiger charge is 2.31. The number of anilines is 1. The second-order valence-corrected chi connectivity index (χ2v) is 5.09. The van der Waals surface area contributed by atoms with Crippen molar-refractivity contribution in [2.75, 3.05) is 12.3 Å². The molecule has 7 heteroatoms. The second kappa shape index (κ2) is 6.24. The van der Waals surface area contributed by atoms with E-state index < -0.39 is 11.7 Å². The summed E-state index contributed by atoms with van der Waals surface area (Å²) in [6, 6.07) is 2.97. The van der Waals surface area contributed by atoms with Gasteiger partial charge in [-0.25, -0.2) is 0 Å². The first-order valence-electron chi connectivity index (χ1n) is 6.75. The van der Waals surface area contributed by atoms with Gasteiger partial charge in [-0.15, -0.1) is 0 Å². The summed E-state index contributed by atoms with van der Waals surface area (Å²) >= 11 is 0. The van der Waals surface area contributed by atoms with E-state index in [4.69, 9.17) is 10.5 Å². The molecule has 1 saturated carbocycles. The molecule has 0 radical (unpaired) electrons. The van der Waals surface area contributed by atoms with Crippen LogP contribution in [0.1, 0.15) is 31.2 Å².